The second-order valence-electron chi connectivity index (χ2n) is 5.45. The van der Waals surface area contributed by atoms with E-state index in [0.717, 1.165) is 36.0 Å². The summed E-state index contributed by atoms with van der Waals surface area (Å²) >= 11 is 0. The number of aliphatic hydroxyl groups excluding tert-OH is 1. The van der Waals surface area contributed by atoms with E-state index < -0.39 is 0 Å². The summed E-state index contributed by atoms with van der Waals surface area (Å²) in [6.45, 7) is 0.926. The summed E-state index contributed by atoms with van der Waals surface area (Å²) in [5, 5.41) is 10.5. The van der Waals surface area contributed by atoms with E-state index in [-0.39, 0.29) is 6.10 Å². The van der Waals surface area contributed by atoms with Crippen LogP contribution in [0.2, 0.25) is 0 Å². The smallest absolute Gasteiger partial charge is 0.0745 e. The molecular formula is C15H19N3O. The van der Waals surface area contributed by atoms with Crippen LogP contribution < -0.4 is 10.6 Å². The Kier molecular flexibility index (Phi) is 3.03. The van der Waals surface area contributed by atoms with Gasteiger partial charge in [0.2, 0.25) is 0 Å². The van der Waals surface area contributed by atoms with Crippen molar-refractivity contribution in [1.29, 1.82) is 0 Å². The van der Waals surface area contributed by atoms with E-state index >= 15 is 0 Å². The van der Waals surface area contributed by atoms with E-state index in [1.54, 1.807) is 6.20 Å². The number of hydrogen-bond acceptors (Lipinski definition) is 4. The van der Waals surface area contributed by atoms with Gasteiger partial charge in [0.25, 0.3) is 0 Å². The molecule has 0 atom stereocenters. The molecule has 1 aromatic heterocycles. The zero-order chi connectivity index (χ0) is 13.4. The van der Waals surface area contributed by atoms with Gasteiger partial charge < -0.3 is 15.7 Å². The van der Waals surface area contributed by atoms with Gasteiger partial charge in [-0.3, -0.25) is 4.98 Å². The Hall–Kier alpha value is -1.81. The third-order valence-electron chi connectivity index (χ3n) is 3.90. The summed E-state index contributed by atoms with van der Waals surface area (Å²) in [6.07, 6.45) is 3.41. The van der Waals surface area contributed by atoms with Gasteiger partial charge in [0.1, 0.15) is 0 Å². The maximum atomic E-state index is 9.37. The van der Waals surface area contributed by atoms with E-state index in [1.165, 1.54) is 0 Å². The van der Waals surface area contributed by atoms with Crippen molar-refractivity contribution in [3.8, 4) is 0 Å². The van der Waals surface area contributed by atoms with E-state index in [4.69, 9.17) is 5.73 Å². The van der Waals surface area contributed by atoms with E-state index in [1.807, 2.05) is 18.2 Å². The number of nitrogen functional groups attached to an aromatic ring is 1. The molecule has 0 amide bonds. The molecule has 1 aliphatic rings. The highest BCUT2D eigenvalue weighted by Gasteiger charge is 2.28. The third-order valence-corrected chi connectivity index (χ3v) is 3.90. The fourth-order valence-corrected chi connectivity index (χ4v) is 2.90. The van der Waals surface area contributed by atoms with Gasteiger partial charge in [-0.25, -0.2) is 0 Å². The standard InChI is InChI=1S/C15H19N3O/c1-18(9-10-6-11(19)7-10)15-12-4-2-3-5-14(12)17-8-13(15)16/h2-5,8,10-11,19H,6-7,9,16H2,1H3. The molecule has 100 valence electrons. The number of nitrogens with two attached hydrogens (primary N) is 1. The molecule has 4 heteroatoms. The van der Waals surface area contributed by atoms with Crippen molar-refractivity contribution >= 4 is 22.3 Å². The predicted molar refractivity (Wildman–Crippen MR) is 78.2 cm³/mol. The van der Waals surface area contributed by atoms with Crippen LogP contribution >= 0.6 is 0 Å². The summed E-state index contributed by atoms with van der Waals surface area (Å²) in [6, 6.07) is 8.05. The van der Waals surface area contributed by atoms with Gasteiger partial charge in [0, 0.05) is 19.0 Å². The first-order chi connectivity index (χ1) is 9.15. The number of fused-ring (bicyclic) bond motifs is 1. The lowest BCUT2D eigenvalue weighted by Crippen LogP contribution is -2.37. The molecule has 4 nitrogen and oxygen atoms in total. The second kappa shape index (κ2) is 4.70. The Labute approximate surface area is 112 Å². The van der Waals surface area contributed by atoms with Gasteiger partial charge in [-0.05, 0) is 24.8 Å². The van der Waals surface area contributed by atoms with Gasteiger partial charge in [-0.1, -0.05) is 18.2 Å². The number of rotatable bonds is 3. The minimum Gasteiger partial charge on any atom is -0.396 e. The minimum atomic E-state index is -0.107. The summed E-state index contributed by atoms with van der Waals surface area (Å²) in [5.74, 6) is 0.561. The van der Waals surface area contributed by atoms with Crippen molar-refractivity contribution in [2.75, 3.05) is 24.2 Å². The van der Waals surface area contributed by atoms with E-state index in [0.29, 0.717) is 11.6 Å². The maximum Gasteiger partial charge on any atom is 0.0745 e. The van der Waals surface area contributed by atoms with Crippen LogP contribution in [0.25, 0.3) is 10.9 Å². The van der Waals surface area contributed by atoms with Crippen LogP contribution in [0, 0.1) is 5.92 Å². The number of para-hydroxylation sites is 1. The molecule has 1 saturated carbocycles. The van der Waals surface area contributed by atoms with Crippen LogP contribution in [0.15, 0.2) is 30.5 Å². The molecular weight excluding hydrogens is 238 g/mol. The molecule has 1 aromatic carbocycles. The molecule has 0 radical (unpaired) electrons. The molecule has 19 heavy (non-hydrogen) atoms. The number of aromatic nitrogens is 1. The molecule has 3 N–H and O–H groups in total. The lowest BCUT2D eigenvalue weighted by atomic mass is 9.82. The Balaban J connectivity index is 1.92. The average molecular weight is 257 g/mol. The van der Waals surface area contributed by atoms with Gasteiger partial charge in [0.05, 0.1) is 29.2 Å². The summed E-state index contributed by atoms with van der Waals surface area (Å²) in [5.41, 5.74) is 8.82. The first kappa shape index (κ1) is 12.2. The number of nitrogens with zero attached hydrogens (tertiary/aromatic N) is 2. The van der Waals surface area contributed by atoms with Crippen molar-refractivity contribution in [1.82, 2.24) is 4.98 Å². The number of benzene rings is 1. The highest BCUT2D eigenvalue weighted by Crippen LogP contribution is 2.34. The minimum absolute atomic E-state index is 0.107. The topological polar surface area (TPSA) is 62.4 Å². The van der Waals surface area contributed by atoms with Crippen molar-refractivity contribution < 1.29 is 5.11 Å². The molecule has 3 rings (SSSR count). The fraction of sp³-hybridized carbons (Fsp3) is 0.400. The monoisotopic (exact) mass is 257 g/mol. The van der Waals surface area contributed by atoms with Gasteiger partial charge in [-0.15, -0.1) is 0 Å². The SMILES string of the molecule is CN(CC1CC(O)C1)c1c(N)cnc2ccccc12. The molecule has 0 unspecified atom stereocenters. The van der Waals surface area contributed by atoms with E-state index in [2.05, 4.69) is 23.0 Å². The molecule has 1 heterocycles. The largest absolute Gasteiger partial charge is 0.396 e. The predicted octanol–water partition coefficient (Wildman–Crippen LogP) is 2.02. The zero-order valence-electron chi connectivity index (χ0n) is 11.1. The number of pyridine rings is 1. The molecule has 0 bridgehead atoms. The van der Waals surface area contributed by atoms with Crippen LogP contribution in [0.1, 0.15) is 12.8 Å². The number of anilines is 2. The zero-order valence-corrected chi connectivity index (χ0v) is 11.1. The molecule has 0 saturated heterocycles. The Morgan fingerprint density at radius 2 is 2.11 bits per heavy atom. The highest BCUT2D eigenvalue weighted by atomic mass is 16.3. The quantitative estimate of drug-likeness (QED) is 0.883. The van der Waals surface area contributed by atoms with Crippen LogP contribution in [0.5, 0.6) is 0 Å². The normalized spacial score (nSPS) is 22.2. The van der Waals surface area contributed by atoms with Gasteiger partial charge in [-0.2, -0.15) is 0 Å². The number of hydrogen-bond donors (Lipinski definition) is 2. The number of aliphatic hydroxyl groups is 1. The average Bonchev–Trinajstić information content (AvgIpc) is 2.36. The van der Waals surface area contributed by atoms with Crippen LogP contribution in [-0.2, 0) is 0 Å². The second-order valence-corrected chi connectivity index (χ2v) is 5.45. The van der Waals surface area contributed by atoms with Crippen molar-refractivity contribution in [3.05, 3.63) is 30.5 Å². The molecule has 1 fully saturated rings. The van der Waals surface area contributed by atoms with Crippen LogP contribution in [-0.4, -0.2) is 29.8 Å². The van der Waals surface area contributed by atoms with Crippen molar-refractivity contribution in [3.63, 3.8) is 0 Å². The Morgan fingerprint density at radius 3 is 2.84 bits per heavy atom. The van der Waals surface area contributed by atoms with Crippen molar-refractivity contribution in [2.24, 2.45) is 5.92 Å². The summed E-state index contributed by atoms with van der Waals surface area (Å²) in [7, 11) is 2.06. The lowest BCUT2D eigenvalue weighted by molar-refractivity contribution is 0.0465. The Morgan fingerprint density at radius 1 is 1.37 bits per heavy atom. The van der Waals surface area contributed by atoms with Gasteiger partial charge >= 0.3 is 0 Å². The van der Waals surface area contributed by atoms with E-state index in [9.17, 15) is 5.11 Å². The fourth-order valence-electron chi connectivity index (χ4n) is 2.90. The van der Waals surface area contributed by atoms with Gasteiger partial charge in [0.15, 0.2) is 0 Å². The van der Waals surface area contributed by atoms with Crippen molar-refractivity contribution in [2.45, 2.75) is 18.9 Å². The summed E-state index contributed by atoms with van der Waals surface area (Å²) in [4.78, 5) is 6.55. The first-order valence-corrected chi connectivity index (χ1v) is 6.67. The maximum absolute atomic E-state index is 9.37. The Bertz CT molecular complexity index is 593. The molecule has 1 aliphatic carbocycles. The van der Waals surface area contributed by atoms with Crippen LogP contribution in [0.3, 0.4) is 0 Å². The summed E-state index contributed by atoms with van der Waals surface area (Å²) < 4.78 is 0. The third kappa shape index (κ3) is 2.24. The lowest BCUT2D eigenvalue weighted by Gasteiger charge is -2.35. The first-order valence-electron chi connectivity index (χ1n) is 6.67. The molecule has 0 aliphatic heterocycles. The molecule has 0 spiro atoms. The molecule has 2 aromatic rings. The highest BCUT2D eigenvalue weighted by molar-refractivity contribution is 5.97. The van der Waals surface area contributed by atoms with Crippen LogP contribution in [0.4, 0.5) is 11.4 Å².